The van der Waals surface area contributed by atoms with Crippen LogP contribution in [0.1, 0.15) is 15.9 Å². The van der Waals surface area contributed by atoms with Gasteiger partial charge in [-0.05, 0) is 18.2 Å². The summed E-state index contributed by atoms with van der Waals surface area (Å²) in [7, 11) is 0. The molecule has 0 spiro atoms. The Hall–Kier alpha value is -2.64. The van der Waals surface area contributed by atoms with Crippen molar-refractivity contribution < 1.29 is 14.8 Å². The number of nitro benzene ring substituents is 1. The SMILES string of the molecule is O=C(N/N=C\c1ccc(Cl)cc1Cl)c1cccc([N+](=O)[O-])c1O. The van der Waals surface area contributed by atoms with Gasteiger partial charge >= 0.3 is 5.69 Å². The lowest BCUT2D eigenvalue weighted by Crippen LogP contribution is -2.18. The summed E-state index contributed by atoms with van der Waals surface area (Å²) < 4.78 is 0. The van der Waals surface area contributed by atoms with Crippen LogP contribution in [0.2, 0.25) is 10.0 Å². The Labute approximate surface area is 140 Å². The number of hydrogen-bond acceptors (Lipinski definition) is 5. The van der Waals surface area contributed by atoms with Gasteiger partial charge < -0.3 is 5.11 Å². The van der Waals surface area contributed by atoms with Crippen molar-refractivity contribution in [2.45, 2.75) is 0 Å². The molecule has 0 bridgehead atoms. The summed E-state index contributed by atoms with van der Waals surface area (Å²) in [4.78, 5) is 21.8. The average molecular weight is 354 g/mol. The number of hydrogen-bond donors (Lipinski definition) is 2. The first-order chi connectivity index (χ1) is 10.9. The number of para-hydroxylation sites is 1. The molecule has 1 amide bonds. The zero-order valence-electron chi connectivity index (χ0n) is 11.4. The number of rotatable bonds is 4. The molecule has 23 heavy (non-hydrogen) atoms. The van der Waals surface area contributed by atoms with Gasteiger partial charge in [0.2, 0.25) is 5.75 Å². The largest absolute Gasteiger partial charge is 0.502 e. The number of carbonyl (C=O) groups is 1. The Morgan fingerprint density at radius 2 is 2.04 bits per heavy atom. The third-order valence-electron chi connectivity index (χ3n) is 2.79. The molecule has 2 aromatic rings. The second-order valence-electron chi connectivity index (χ2n) is 4.30. The minimum atomic E-state index is -0.799. The van der Waals surface area contributed by atoms with E-state index in [9.17, 15) is 20.0 Å². The monoisotopic (exact) mass is 353 g/mol. The van der Waals surface area contributed by atoms with Crippen LogP contribution in [-0.2, 0) is 0 Å². The molecular formula is C14H9Cl2N3O4. The summed E-state index contributed by atoms with van der Waals surface area (Å²) in [5.74, 6) is -1.53. The van der Waals surface area contributed by atoms with Crippen molar-refractivity contribution in [2.75, 3.05) is 0 Å². The lowest BCUT2D eigenvalue weighted by Gasteiger charge is -2.03. The van der Waals surface area contributed by atoms with Gasteiger partial charge in [-0.3, -0.25) is 14.9 Å². The molecule has 0 atom stereocenters. The summed E-state index contributed by atoms with van der Waals surface area (Å²) in [5.41, 5.74) is 1.83. The third-order valence-corrected chi connectivity index (χ3v) is 3.35. The molecule has 0 saturated heterocycles. The predicted octanol–water partition coefficient (Wildman–Crippen LogP) is 3.37. The molecule has 2 rings (SSSR count). The van der Waals surface area contributed by atoms with Crippen LogP contribution in [0.5, 0.6) is 5.75 Å². The second kappa shape index (κ2) is 7.08. The van der Waals surface area contributed by atoms with E-state index in [4.69, 9.17) is 23.2 Å². The summed E-state index contributed by atoms with van der Waals surface area (Å²) in [6.45, 7) is 0. The number of amides is 1. The number of phenols is 1. The maximum absolute atomic E-state index is 11.9. The lowest BCUT2D eigenvalue weighted by atomic mass is 10.1. The molecule has 0 aromatic heterocycles. The summed E-state index contributed by atoms with van der Waals surface area (Å²) >= 11 is 11.7. The average Bonchev–Trinajstić information content (AvgIpc) is 2.49. The van der Waals surface area contributed by atoms with Gasteiger partial charge in [0.1, 0.15) is 0 Å². The molecular weight excluding hydrogens is 345 g/mol. The van der Waals surface area contributed by atoms with Gasteiger partial charge in [0.05, 0.1) is 21.7 Å². The number of nitrogens with zero attached hydrogens (tertiary/aromatic N) is 2. The van der Waals surface area contributed by atoms with Gasteiger partial charge in [-0.2, -0.15) is 5.10 Å². The second-order valence-corrected chi connectivity index (χ2v) is 5.14. The number of aromatic hydroxyl groups is 1. The van der Waals surface area contributed by atoms with E-state index in [1.807, 2.05) is 0 Å². The van der Waals surface area contributed by atoms with E-state index < -0.39 is 22.3 Å². The molecule has 7 nitrogen and oxygen atoms in total. The Balaban J connectivity index is 2.15. The first kappa shape index (κ1) is 16.7. The lowest BCUT2D eigenvalue weighted by molar-refractivity contribution is -0.385. The van der Waals surface area contributed by atoms with Crippen LogP contribution in [-0.4, -0.2) is 22.2 Å². The van der Waals surface area contributed by atoms with E-state index in [1.54, 1.807) is 12.1 Å². The van der Waals surface area contributed by atoms with Crippen molar-refractivity contribution in [1.82, 2.24) is 5.43 Å². The predicted molar refractivity (Wildman–Crippen MR) is 86.3 cm³/mol. The van der Waals surface area contributed by atoms with Gasteiger partial charge in [0, 0.05) is 16.7 Å². The van der Waals surface area contributed by atoms with Crippen molar-refractivity contribution in [2.24, 2.45) is 5.10 Å². The molecule has 0 aliphatic heterocycles. The van der Waals surface area contributed by atoms with Gasteiger partial charge in [-0.15, -0.1) is 0 Å². The van der Waals surface area contributed by atoms with Crippen LogP contribution >= 0.6 is 23.2 Å². The van der Waals surface area contributed by atoms with E-state index in [0.717, 1.165) is 6.07 Å². The number of nitrogens with one attached hydrogen (secondary N) is 1. The molecule has 0 aliphatic rings. The van der Waals surface area contributed by atoms with Gasteiger partial charge in [0.15, 0.2) is 0 Å². The van der Waals surface area contributed by atoms with Crippen molar-refractivity contribution in [3.8, 4) is 5.75 Å². The summed E-state index contributed by atoms with van der Waals surface area (Å²) in [6, 6.07) is 8.32. The number of carbonyl (C=O) groups excluding carboxylic acids is 1. The fourth-order valence-corrected chi connectivity index (χ4v) is 2.15. The fourth-order valence-electron chi connectivity index (χ4n) is 1.69. The molecule has 0 saturated carbocycles. The van der Waals surface area contributed by atoms with Crippen molar-refractivity contribution in [3.63, 3.8) is 0 Å². The van der Waals surface area contributed by atoms with E-state index in [-0.39, 0.29) is 5.56 Å². The van der Waals surface area contributed by atoms with Gasteiger partial charge in [-0.25, -0.2) is 5.43 Å². The fraction of sp³-hybridized carbons (Fsp3) is 0. The maximum Gasteiger partial charge on any atom is 0.311 e. The van der Waals surface area contributed by atoms with Crippen molar-refractivity contribution in [3.05, 3.63) is 67.7 Å². The Kier molecular flexibility index (Phi) is 5.15. The van der Waals surface area contributed by atoms with Gasteiger partial charge in [0.25, 0.3) is 5.91 Å². The Bertz CT molecular complexity index is 809. The first-order valence-electron chi connectivity index (χ1n) is 6.15. The first-order valence-corrected chi connectivity index (χ1v) is 6.90. The zero-order chi connectivity index (χ0) is 17.0. The van der Waals surface area contributed by atoms with Crippen LogP contribution < -0.4 is 5.43 Å². The Morgan fingerprint density at radius 1 is 1.30 bits per heavy atom. The number of nitro groups is 1. The number of phenolic OH excluding ortho intramolecular Hbond substituents is 1. The van der Waals surface area contributed by atoms with E-state index in [2.05, 4.69) is 10.5 Å². The quantitative estimate of drug-likeness (QED) is 0.499. The molecule has 118 valence electrons. The molecule has 2 aromatic carbocycles. The number of benzene rings is 2. The zero-order valence-corrected chi connectivity index (χ0v) is 12.9. The molecule has 2 N–H and O–H groups in total. The smallest absolute Gasteiger partial charge is 0.311 e. The van der Waals surface area contributed by atoms with Gasteiger partial charge in [-0.1, -0.05) is 35.3 Å². The molecule has 0 aliphatic carbocycles. The van der Waals surface area contributed by atoms with E-state index in [1.165, 1.54) is 24.4 Å². The minimum Gasteiger partial charge on any atom is -0.502 e. The van der Waals surface area contributed by atoms with Crippen LogP contribution in [0.25, 0.3) is 0 Å². The maximum atomic E-state index is 11.9. The summed E-state index contributed by atoms with van der Waals surface area (Å²) in [6.07, 6.45) is 1.28. The minimum absolute atomic E-state index is 0.265. The molecule has 0 unspecified atom stereocenters. The van der Waals surface area contributed by atoms with E-state index >= 15 is 0 Å². The highest BCUT2D eigenvalue weighted by Gasteiger charge is 2.20. The van der Waals surface area contributed by atoms with Crippen LogP contribution in [0.3, 0.4) is 0 Å². The topological polar surface area (TPSA) is 105 Å². The van der Waals surface area contributed by atoms with Crippen LogP contribution in [0.4, 0.5) is 5.69 Å². The highest BCUT2D eigenvalue weighted by molar-refractivity contribution is 6.36. The molecule has 0 fully saturated rings. The number of hydrazone groups is 1. The van der Waals surface area contributed by atoms with Crippen molar-refractivity contribution in [1.29, 1.82) is 0 Å². The molecule has 0 heterocycles. The normalized spacial score (nSPS) is 10.7. The number of halogens is 2. The van der Waals surface area contributed by atoms with Crippen LogP contribution in [0, 0.1) is 10.1 Å². The molecule has 0 radical (unpaired) electrons. The van der Waals surface area contributed by atoms with Crippen LogP contribution in [0.15, 0.2) is 41.5 Å². The summed E-state index contributed by atoms with van der Waals surface area (Å²) in [5, 5.41) is 24.9. The standard InChI is InChI=1S/C14H9Cl2N3O4/c15-9-5-4-8(11(16)6-9)7-17-18-14(21)10-2-1-3-12(13(10)20)19(22)23/h1-7,20H,(H,18,21)/b17-7-. The Morgan fingerprint density at radius 3 is 2.70 bits per heavy atom. The highest BCUT2D eigenvalue weighted by atomic mass is 35.5. The van der Waals surface area contributed by atoms with Crippen molar-refractivity contribution >= 4 is 41.0 Å². The highest BCUT2D eigenvalue weighted by Crippen LogP contribution is 2.29. The molecule has 9 heteroatoms. The third kappa shape index (κ3) is 3.97. The van der Waals surface area contributed by atoms with E-state index in [0.29, 0.717) is 15.6 Å².